The van der Waals surface area contributed by atoms with Crippen molar-refractivity contribution in [2.75, 3.05) is 5.32 Å². The number of hydrogen-bond donors (Lipinski definition) is 2. The number of benzene rings is 1. The van der Waals surface area contributed by atoms with E-state index < -0.39 is 5.91 Å². The number of hydrogen-bond acceptors (Lipinski definition) is 8. The Morgan fingerprint density at radius 2 is 2.06 bits per heavy atom. The molecule has 0 atom stereocenters. The Kier molecular flexibility index (Phi) is 5.12. The standard InChI is InChI=1S/C22H21N7O3/c1-13-8-24-22(27-18-5-6-25-29(18)2)28-19(13)17-12-32-21(26-17)20(30)23-9-14-3-4-15-10-31-11-16(15)7-14/h3-8,12H,9-11H2,1-2H3,(H,23,30)(H,24,27,28). The van der Waals surface area contributed by atoms with E-state index in [9.17, 15) is 4.79 Å². The largest absolute Gasteiger partial charge is 0.440 e. The molecule has 0 fully saturated rings. The van der Waals surface area contributed by atoms with E-state index >= 15 is 0 Å². The van der Waals surface area contributed by atoms with Gasteiger partial charge in [0.15, 0.2) is 0 Å². The van der Waals surface area contributed by atoms with Crippen LogP contribution in [0.2, 0.25) is 0 Å². The summed E-state index contributed by atoms with van der Waals surface area (Å²) in [5.74, 6) is 0.721. The van der Waals surface area contributed by atoms with Crippen molar-refractivity contribution in [3.63, 3.8) is 0 Å². The molecule has 4 aromatic rings. The SMILES string of the molecule is Cc1cnc(Nc2ccnn2C)nc1-c1coc(C(=O)NCc2ccc3c(c2)COC3)n1. The molecule has 1 amide bonds. The van der Waals surface area contributed by atoms with E-state index in [1.807, 2.05) is 38.2 Å². The van der Waals surface area contributed by atoms with Crippen molar-refractivity contribution in [1.29, 1.82) is 0 Å². The van der Waals surface area contributed by atoms with Gasteiger partial charge in [0, 0.05) is 25.9 Å². The molecule has 0 aliphatic carbocycles. The first-order valence-corrected chi connectivity index (χ1v) is 10.1. The molecular formula is C22H21N7O3. The highest BCUT2D eigenvalue weighted by molar-refractivity contribution is 5.90. The second kappa shape index (κ2) is 8.23. The quantitative estimate of drug-likeness (QED) is 0.478. The van der Waals surface area contributed by atoms with Crippen LogP contribution in [0.5, 0.6) is 0 Å². The van der Waals surface area contributed by atoms with Crippen LogP contribution >= 0.6 is 0 Å². The summed E-state index contributed by atoms with van der Waals surface area (Å²) in [4.78, 5) is 25.7. The Labute approximate surface area is 183 Å². The number of carbonyl (C=O) groups excluding carboxylic acids is 1. The maximum absolute atomic E-state index is 12.6. The molecule has 0 radical (unpaired) electrons. The van der Waals surface area contributed by atoms with E-state index in [-0.39, 0.29) is 5.89 Å². The molecule has 5 rings (SSSR count). The van der Waals surface area contributed by atoms with Crippen LogP contribution in [-0.4, -0.2) is 30.6 Å². The summed E-state index contributed by atoms with van der Waals surface area (Å²) in [6.07, 6.45) is 4.79. The van der Waals surface area contributed by atoms with Gasteiger partial charge < -0.3 is 19.8 Å². The smallest absolute Gasteiger partial charge is 0.307 e. The van der Waals surface area contributed by atoms with Gasteiger partial charge >= 0.3 is 5.91 Å². The number of ether oxygens (including phenoxy) is 1. The third kappa shape index (κ3) is 3.95. The molecule has 0 saturated heterocycles. The first-order valence-electron chi connectivity index (χ1n) is 10.1. The average Bonchev–Trinajstić information content (AvgIpc) is 3.54. The van der Waals surface area contributed by atoms with Crippen molar-refractivity contribution in [2.24, 2.45) is 7.05 Å². The average molecular weight is 431 g/mol. The summed E-state index contributed by atoms with van der Waals surface area (Å²) in [7, 11) is 1.82. The Balaban J connectivity index is 1.29. The Morgan fingerprint density at radius 3 is 2.91 bits per heavy atom. The minimum absolute atomic E-state index is 0.0244. The van der Waals surface area contributed by atoms with Crippen molar-refractivity contribution >= 4 is 17.7 Å². The van der Waals surface area contributed by atoms with E-state index in [1.165, 1.54) is 11.8 Å². The lowest BCUT2D eigenvalue weighted by Crippen LogP contribution is -2.23. The highest BCUT2D eigenvalue weighted by Crippen LogP contribution is 2.23. The number of anilines is 2. The highest BCUT2D eigenvalue weighted by Gasteiger charge is 2.18. The number of aryl methyl sites for hydroxylation is 2. The predicted octanol–water partition coefficient (Wildman–Crippen LogP) is 2.88. The zero-order chi connectivity index (χ0) is 22.1. The monoisotopic (exact) mass is 431 g/mol. The minimum Gasteiger partial charge on any atom is -0.440 e. The summed E-state index contributed by atoms with van der Waals surface area (Å²) < 4.78 is 12.5. The summed E-state index contributed by atoms with van der Waals surface area (Å²) in [6, 6.07) is 7.87. The van der Waals surface area contributed by atoms with Gasteiger partial charge in [0.2, 0.25) is 5.95 Å². The number of nitrogens with zero attached hydrogens (tertiary/aromatic N) is 5. The number of oxazole rings is 1. The van der Waals surface area contributed by atoms with Crippen molar-refractivity contribution in [3.8, 4) is 11.4 Å². The first kappa shape index (κ1) is 19.9. The molecular weight excluding hydrogens is 410 g/mol. The van der Waals surface area contributed by atoms with Gasteiger partial charge in [-0.1, -0.05) is 18.2 Å². The van der Waals surface area contributed by atoms with Crippen LogP contribution in [0.15, 0.2) is 47.3 Å². The number of nitrogens with one attached hydrogen (secondary N) is 2. The molecule has 0 unspecified atom stereocenters. The van der Waals surface area contributed by atoms with Crippen LogP contribution in [0.3, 0.4) is 0 Å². The molecule has 162 valence electrons. The molecule has 0 bridgehead atoms. The van der Waals surface area contributed by atoms with Crippen LogP contribution in [0.4, 0.5) is 11.8 Å². The Hall–Kier alpha value is -4.05. The van der Waals surface area contributed by atoms with Crippen molar-refractivity contribution in [3.05, 3.63) is 71.1 Å². The summed E-state index contributed by atoms with van der Waals surface area (Å²) in [6.45, 7) is 3.49. The van der Waals surface area contributed by atoms with E-state index in [1.54, 1.807) is 17.1 Å². The van der Waals surface area contributed by atoms with Gasteiger partial charge in [-0.25, -0.2) is 15.0 Å². The maximum Gasteiger partial charge on any atom is 0.307 e. The number of aromatic nitrogens is 5. The fourth-order valence-corrected chi connectivity index (χ4v) is 3.45. The molecule has 10 nitrogen and oxygen atoms in total. The highest BCUT2D eigenvalue weighted by atomic mass is 16.5. The molecule has 1 aliphatic rings. The molecule has 4 heterocycles. The van der Waals surface area contributed by atoms with Crippen LogP contribution in [0.25, 0.3) is 11.4 Å². The first-order chi connectivity index (χ1) is 15.6. The number of carbonyl (C=O) groups is 1. The van der Waals surface area contributed by atoms with E-state index in [2.05, 4.69) is 30.7 Å². The molecule has 10 heteroatoms. The normalized spacial score (nSPS) is 12.6. The molecule has 3 aromatic heterocycles. The van der Waals surface area contributed by atoms with Crippen LogP contribution in [0, 0.1) is 6.92 Å². The van der Waals surface area contributed by atoms with Gasteiger partial charge in [0.25, 0.3) is 5.89 Å². The van der Waals surface area contributed by atoms with Crippen molar-refractivity contribution in [1.82, 2.24) is 30.0 Å². The topological polar surface area (TPSA) is 120 Å². The van der Waals surface area contributed by atoms with Crippen molar-refractivity contribution < 1.29 is 13.9 Å². The second-order valence-corrected chi connectivity index (χ2v) is 7.51. The molecule has 1 aromatic carbocycles. The third-order valence-electron chi connectivity index (χ3n) is 5.21. The fourth-order valence-electron chi connectivity index (χ4n) is 3.45. The van der Waals surface area contributed by atoms with Gasteiger partial charge in [0.1, 0.15) is 23.5 Å². The Morgan fingerprint density at radius 1 is 1.19 bits per heavy atom. The maximum atomic E-state index is 12.6. The van der Waals surface area contributed by atoms with Gasteiger partial charge in [0.05, 0.1) is 19.4 Å². The lowest BCUT2D eigenvalue weighted by atomic mass is 10.1. The predicted molar refractivity (Wildman–Crippen MR) is 115 cm³/mol. The van der Waals surface area contributed by atoms with Crippen LogP contribution in [-0.2, 0) is 31.5 Å². The zero-order valence-corrected chi connectivity index (χ0v) is 17.6. The van der Waals surface area contributed by atoms with E-state index in [4.69, 9.17) is 9.15 Å². The third-order valence-corrected chi connectivity index (χ3v) is 5.21. The molecule has 32 heavy (non-hydrogen) atoms. The molecule has 0 saturated carbocycles. The minimum atomic E-state index is -0.395. The summed E-state index contributed by atoms with van der Waals surface area (Å²) in [5.41, 5.74) is 5.18. The lowest BCUT2D eigenvalue weighted by molar-refractivity contribution is 0.0916. The molecule has 0 spiro atoms. The van der Waals surface area contributed by atoms with Crippen LogP contribution < -0.4 is 10.6 Å². The fraction of sp³-hybridized carbons (Fsp3) is 0.227. The van der Waals surface area contributed by atoms with E-state index in [0.717, 1.165) is 22.5 Å². The zero-order valence-electron chi connectivity index (χ0n) is 17.6. The number of amides is 1. The summed E-state index contributed by atoms with van der Waals surface area (Å²) >= 11 is 0. The van der Waals surface area contributed by atoms with Crippen LogP contribution in [0.1, 0.15) is 32.9 Å². The number of fused-ring (bicyclic) bond motifs is 1. The molecule has 1 aliphatic heterocycles. The van der Waals surface area contributed by atoms with Gasteiger partial charge in [-0.15, -0.1) is 0 Å². The second-order valence-electron chi connectivity index (χ2n) is 7.51. The number of rotatable bonds is 6. The van der Waals surface area contributed by atoms with Gasteiger partial charge in [-0.2, -0.15) is 5.10 Å². The lowest BCUT2D eigenvalue weighted by Gasteiger charge is -2.07. The van der Waals surface area contributed by atoms with Gasteiger partial charge in [-0.3, -0.25) is 9.48 Å². The van der Waals surface area contributed by atoms with E-state index in [0.29, 0.717) is 37.1 Å². The van der Waals surface area contributed by atoms with Gasteiger partial charge in [-0.05, 0) is 29.2 Å². The Bertz CT molecular complexity index is 1290. The summed E-state index contributed by atoms with van der Waals surface area (Å²) in [5, 5.41) is 10.1. The molecule has 2 N–H and O–H groups in total. The van der Waals surface area contributed by atoms with Crippen molar-refractivity contribution in [2.45, 2.75) is 26.7 Å².